The van der Waals surface area contributed by atoms with Gasteiger partial charge in [0.1, 0.15) is 13.2 Å². The maximum absolute atomic E-state index is 13.0. The first-order valence-corrected chi connectivity index (χ1v) is 31.7. The number of allylic oxidation sites excluding steroid dienone is 24. The number of nitrogens with one attached hydrogen (secondary N) is 1. The van der Waals surface area contributed by atoms with E-state index in [-0.39, 0.29) is 19.1 Å². The minimum atomic E-state index is -4.34. The first-order valence-electron chi connectivity index (χ1n) is 30.2. The number of rotatable bonds is 53. The zero-order valence-corrected chi connectivity index (χ0v) is 50.1. The van der Waals surface area contributed by atoms with Crippen LogP contribution in [0.25, 0.3) is 0 Å². The molecule has 0 bridgehead atoms. The van der Waals surface area contributed by atoms with Crippen molar-refractivity contribution in [3.05, 3.63) is 146 Å². The topological polar surface area (TPSA) is 105 Å². The standard InChI is InChI=1S/C67H113N2O6P/c1-6-8-10-12-14-16-18-20-21-22-23-24-25-26-27-28-29-30-31-32-33-34-35-36-37-38-39-40-41-42-43-44-45-46-47-49-51-53-55-57-59-61-67(71)68-65(64-75-76(72,73)74-63-62-69(3,4)5)66(70)60-58-56-54-52-50-48-19-17-15-13-11-9-7-2/h8,10,14,16,20-21,23-24,26-27,29-30,32-33,35-36,38-39,41-42,44-45,47,49,65-66,70H,6-7,9,11-13,15,17-19,22,25,28,31,34,37,40,43,46,48,50-64H2,1-5H3,(H-,68,71,72,73)/p+1/b10-8-,16-14-,21-20-,24-23-,27-26-,30-29-,33-32-,36-35-,39-38-,42-41-,45-44-,49-47-. The largest absolute Gasteiger partial charge is 0.472 e. The van der Waals surface area contributed by atoms with Crippen molar-refractivity contribution < 1.29 is 32.9 Å². The summed E-state index contributed by atoms with van der Waals surface area (Å²) in [6.45, 7) is 4.73. The van der Waals surface area contributed by atoms with Crippen LogP contribution >= 0.6 is 7.82 Å². The summed E-state index contributed by atoms with van der Waals surface area (Å²) in [5.41, 5.74) is 0. The van der Waals surface area contributed by atoms with Gasteiger partial charge in [0.2, 0.25) is 5.91 Å². The van der Waals surface area contributed by atoms with E-state index in [2.05, 4.69) is 165 Å². The lowest BCUT2D eigenvalue weighted by Gasteiger charge is -2.26. The zero-order chi connectivity index (χ0) is 55.6. The quantitative estimate of drug-likeness (QED) is 0.0243. The molecular formula is C67H114N2O6P+. The number of quaternary nitrogens is 1. The van der Waals surface area contributed by atoms with Crippen LogP contribution in [0.4, 0.5) is 0 Å². The molecule has 0 fully saturated rings. The summed E-state index contributed by atoms with van der Waals surface area (Å²) >= 11 is 0. The van der Waals surface area contributed by atoms with Crippen molar-refractivity contribution in [2.24, 2.45) is 0 Å². The van der Waals surface area contributed by atoms with Gasteiger partial charge >= 0.3 is 7.82 Å². The molecule has 0 aromatic carbocycles. The van der Waals surface area contributed by atoms with Crippen LogP contribution in [0, 0.1) is 0 Å². The molecule has 0 aliphatic rings. The van der Waals surface area contributed by atoms with Gasteiger partial charge in [0.15, 0.2) is 0 Å². The Labute approximate surface area is 468 Å². The number of aliphatic hydroxyl groups excluding tert-OH is 1. The summed E-state index contributed by atoms with van der Waals surface area (Å²) in [7, 11) is 1.58. The molecule has 3 atom stereocenters. The number of hydrogen-bond donors (Lipinski definition) is 3. The number of amides is 1. The number of phosphoric acid groups is 1. The highest BCUT2D eigenvalue weighted by molar-refractivity contribution is 7.47. The second-order valence-corrected chi connectivity index (χ2v) is 22.4. The Kier molecular flexibility index (Phi) is 53.4. The predicted molar refractivity (Wildman–Crippen MR) is 331 cm³/mol. The molecule has 432 valence electrons. The summed E-state index contributed by atoms with van der Waals surface area (Å²) in [4.78, 5) is 23.3. The number of unbranched alkanes of at least 4 members (excludes halogenated alkanes) is 16. The number of likely N-dealkylation sites (N-methyl/N-ethyl adjacent to an activating group) is 1. The Morgan fingerprint density at radius 2 is 0.789 bits per heavy atom. The van der Waals surface area contributed by atoms with E-state index in [0.717, 1.165) is 128 Å². The summed E-state index contributed by atoms with van der Waals surface area (Å²) in [5.74, 6) is -0.175. The van der Waals surface area contributed by atoms with E-state index >= 15 is 0 Å². The van der Waals surface area contributed by atoms with Gasteiger partial charge in [-0.25, -0.2) is 4.57 Å². The number of carbonyl (C=O) groups is 1. The molecule has 3 unspecified atom stereocenters. The lowest BCUT2D eigenvalue weighted by Crippen LogP contribution is -2.46. The summed E-state index contributed by atoms with van der Waals surface area (Å²) in [6, 6.07) is -0.784. The van der Waals surface area contributed by atoms with Crippen LogP contribution in [0.5, 0.6) is 0 Å². The fourth-order valence-electron chi connectivity index (χ4n) is 7.91. The number of nitrogens with zero attached hydrogens (tertiary/aromatic N) is 1. The third-order valence-corrected chi connectivity index (χ3v) is 13.6. The van der Waals surface area contributed by atoms with Gasteiger partial charge in [0.25, 0.3) is 0 Å². The van der Waals surface area contributed by atoms with Crippen LogP contribution in [0.1, 0.15) is 219 Å². The molecule has 0 saturated heterocycles. The lowest BCUT2D eigenvalue weighted by molar-refractivity contribution is -0.870. The maximum atomic E-state index is 13.0. The van der Waals surface area contributed by atoms with Gasteiger partial charge in [-0.3, -0.25) is 13.8 Å². The van der Waals surface area contributed by atoms with E-state index in [0.29, 0.717) is 23.9 Å². The Morgan fingerprint density at radius 1 is 0.461 bits per heavy atom. The molecule has 0 aromatic heterocycles. The molecule has 3 N–H and O–H groups in total. The maximum Gasteiger partial charge on any atom is 0.472 e. The molecule has 8 nitrogen and oxygen atoms in total. The molecule has 0 aromatic rings. The first kappa shape index (κ1) is 72.4. The normalized spacial score (nSPS) is 14.9. The molecule has 0 aliphatic carbocycles. The molecule has 0 heterocycles. The van der Waals surface area contributed by atoms with Gasteiger partial charge < -0.3 is 19.8 Å². The van der Waals surface area contributed by atoms with Gasteiger partial charge in [-0.05, 0) is 103 Å². The number of aliphatic hydroxyl groups is 1. The highest BCUT2D eigenvalue weighted by Crippen LogP contribution is 2.43. The lowest BCUT2D eigenvalue weighted by atomic mass is 10.0. The molecule has 76 heavy (non-hydrogen) atoms. The molecule has 9 heteroatoms. The Bertz CT molecular complexity index is 1740. The molecule has 0 spiro atoms. The van der Waals surface area contributed by atoms with Gasteiger partial charge in [0.05, 0.1) is 39.9 Å². The van der Waals surface area contributed by atoms with Crippen LogP contribution in [0.15, 0.2) is 146 Å². The van der Waals surface area contributed by atoms with E-state index in [1.165, 1.54) is 64.2 Å². The van der Waals surface area contributed by atoms with Crippen LogP contribution < -0.4 is 5.32 Å². The smallest absolute Gasteiger partial charge is 0.391 e. The summed E-state index contributed by atoms with van der Waals surface area (Å²) < 4.78 is 23.7. The van der Waals surface area contributed by atoms with Crippen molar-refractivity contribution in [1.82, 2.24) is 5.32 Å². The first-order chi connectivity index (χ1) is 37.0. The fraction of sp³-hybridized carbons (Fsp3) is 0.627. The second-order valence-electron chi connectivity index (χ2n) is 21.0. The van der Waals surface area contributed by atoms with E-state index in [9.17, 15) is 19.4 Å². The van der Waals surface area contributed by atoms with Gasteiger partial charge in [0, 0.05) is 6.42 Å². The number of carbonyl (C=O) groups excluding carboxylic acids is 1. The molecule has 1 amide bonds. The molecule has 0 rings (SSSR count). The molecule has 0 aliphatic heterocycles. The third kappa shape index (κ3) is 58.1. The van der Waals surface area contributed by atoms with Gasteiger partial charge in [-0.2, -0.15) is 0 Å². The van der Waals surface area contributed by atoms with Crippen LogP contribution in [-0.4, -0.2) is 73.4 Å². The highest BCUT2D eigenvalue weighted by Gasteiger charge is 2.28. The average Bonchev–Trinajstić information content (AvgIpc) is 3.38. The van der Waals surface area contributed by atoms with Crippen molar-refractivity contribution in [2.75, 3.05) is 40.9 Å². The van der Waals surface area contributed by atoms with Crippen LogP contribution in [-0.2, 0) is 18.4 Å². The Morgan fingerprint density at radius 3 is 1.16 bits per heavy atom. The van der Waals surface area contributed by atoms with Crippen LogP contribution in [0.3, 0.4) is 0 Å². The minimum absolute atomic E-state index is 0.0619. The van der Waals surface area contributed by atoms with Crippen molar-refractivity contribution in [1.29, 1.82) is 0 Å². The molecule has 0 radical (unpaired) electrons. The second kappa shape index (κ2) is 56.1. The van der Waals surface area contributed by atoms with E-state index < -0.39 is 20.0 Å². The summed E-state index contributed by atoms with van der Waals surface area (Å²) in [6.07, 6.45) is 86.3. The number of hydrogen-bond acceptors (Lipinski definition) is 5. The molecule has 0 saturated carbocycles. The average molecular weight is 1070 g/mol. The van der Waals surface area contributed by atoms with Crippen LogP contribution in [0.2, 0.25) is 0 Å². The highest BCUT2D eigenvalue weighted by atomic mass is 31.2. The van der Waals surface area contributed by atoms with Gasteiger partial charge in [-0.1, -0.05) is 256 Å². The Hall–Kier alpha value is -3.62. The SMILES string of the molecule is CC/C=C\C/C=C\C/C=C\C/C=C\C/C=C\C/C=C\C/C=C\C/C=C\C/C=C\C/C=C\C/C=C\C/C=C\CCCCCCC(=O)NC(COP(=O)(O)OCC[N+](C)(C)C)C(O)CCCCCCCCCCCCCCC. The number of phosphoric ester groups is 1. The molecular weight excluding hydrogens is 960 g/mol. The Balaban J connectivity index is 4.16. The van der Waals surface area contributed by atoms with Crippen molar-refractivity contribution in [3.8, 4) is 0 Å². The van der Waals surface area contributed by atoms with E-state index in [4.69, 9.17) is 9.05 Å². The van der Waals surface area contributed by atoms with Crippen molar-refractivity contribution in [2.45, 2.75) is 231 Å². The predicted octanol–water partition coefficient (Wildman–Crippen LogP) is 18.9. The minimum Gasteiger partial charge on any atom is -0.391 e. The zero-order valence-electron chi connectivity index (χ0n) is 49.2. The van der Waals surface area contributed by atoms with E-state index in [1.54, 1.807) is 0 Å². The van der Waals surface area contributed by atoms with Crippen molar-refractivity contribution in [3.63, 3.8) is 0 Å². The van der Waals surface area contributed by atoms with E-state index in [1.807, 2.05) is 21.1 Å². The van der Waals surface area contributed by atoms with Gasteiger partial charge in [-0.15, -0.1) is 0 Å². The summed E-state index contributed by atoms with van der Waals surface area (Å²) in [5, 5.41) is 14.0. The fourth-order valence-corrected chi connectivity index (χ4v) is 8.65. The van der Waals surface area contributed by atoms with Crippen molar-refractivity contribution >= 4 is 13.7 Å². The third-order valence-electron chi connectivity index (χ3n) is 12.6. The monoisotopic (exact) mass is 1070 g/mol.